The molecule has 1 aliphatic rings. The molecule has 3 N–H and O–H groups in total. The molecule has 4 nitrogen and oxygen atoms in total. The topological polar surface area (TPSA) is 64.3 Å². The van der Waals surface area contributed by atoms with Crippen LogP contribution in [0, 0.1) is 11.8 Å². The molecule has 6 heteroatoms. The first kappa shape index (κ1) is 13.3. The van der Waals surface area contributed by atoms with Gasteiger partial charge in [-0.25, -0.2) is 5.84 Å². The molecule has 16 heavy (non-hydrogen) atoms. The van der Waals surface area contributed by atoms with Gasteiger partial charge in [-0.3, -0.25) is 10.2 Å². The van der Waals surface area contributed by atoms with Crippen molar-refractivity contribution in [3.63, 3.8) is 0 Å². The van der Waals surface area contributed by atoms with Crippen LogP contribution in [0.25, 0.3) is 0 Å². The lowest BCUT2D eigenvalue weighted by atomic mass is 9.80. The van der Waals surface area contributed by atoms with E-state index in [2.05, 4.69) is 17.5 Å². The molecule has 1 aliphatic carbocycles. The summed E-state index contributed by atoms with van der Waals surface area (Å²) >= 11 is 0. The van der Waals surface area contributed by atoms with E-state index in [1.54, 1.807) is 0 Å². The number of hydrazine groups is 1. The lowest BCUT2D eigenvalue weighted by molar-refractivity contribution is -0.256. The molecule has 0 aromatic rings. The van der Waals surface area contributed by atoms with Crippen LogP contribution in [0.15, 0.2) is 0 Å². The summed E-state index contributed by atoms with van der Waals surface area (Å²) in [6, 6.07) is 0. The van der Waals surface area contributed by atoms with Crippen LogP contribution < -0.4 is 11.3 Å². The first-order chi connectivity index (χ1) is 7.36. The van der Waals surface area contributed by atoms with Gasteiger partial charge in [-0.05, 0) is 31.1 Å². The summed E-state index contributed by atoms with van der Waals surface area (Å²) in [5.41, 5.74) is 1.40. The predicted octanol–water partition coefficient (Wildman–Crippen LogP) is 1.41. The summed E-state index contributed by atoms with van der Waals surface area (Å²) in [4.78, 5) is 10.7. The van der Waals surface area contributed by atoms with Gasteiger partial charge in [0.2, 0.25) is 0 Å². The Morgan fingerprint density at radius 3 is 2.50 bits per heavy atom. The van der Waals surface area contributed by atoms with E-state index in [1.807, 2.05) is 6.92 Å². The zero-order valence-electron chi connectivity index (χ0n) is 9.50. The summed E-state index contributed by atoms with van der Waals surface area (Å²) in [6.45, 7) is 4.09. The second-order valence-corrected chi connectivity index (χ2v) is 4.50. The van der Waals surface area contributed by atoms with Gasteiger partial charge in [0, 0.05) is 0 Å². The molecule has 1 amide bonds. The smallest absolute Gasteiger partial charge is 0.309 e. The summed E-state index contributed by atoms with van der Waals surface area (Å²) in [7, 11) is 0. The number of carbonyl (C=O) groups is 1. The van der Waals surface area contributed by atoms with Gasteiger partial charge in [-0.2, -0.15) is 8.78 Å². The van der Waals surface area contributed by atoms with Gasteiger partial charge in [-0.1, -0.05) is 13.8 Å². The minimum Gasteiger partial charge on any atom is -0.309 e. The van der Waals surface area contributed by atoms with Crippen LogP contribution in [0.5, 0.6) is 0 Å². The highest BCUT2D eigenvalue weighted by Crippen LogP contribution is 2.33. The third-order valence-corrected chi connectivity index (χ3v) is 3.26. The van der Waals surface area contributed by atoms with Crippen LogP contribution >= 0.6 is 0 Å². The average Bonchev–Trinajstić information content (AvgIpc) is 2.22. The number of ether oxygens (including phenoxy) is 1. The normalized spacial score (nSPS) is 31.2. The Kier molecular flexibility index (Phi) is 4.21. The Morgan fingerprint density at radius 2 is 2.00 bits per heavy atom. The second kappa shape index (κ2) is 5.05. The minimum atomic E-state index is -3.83. The highest BCUT2D eigenvalue weighted by atomic mass is 19.3. The third-order valence-electron chi connectivity index (χ3n) is 3.26. The fraction of sp³-hybridized carbons (Fsp3) is 0.900. The Balaban J connectivity index is 2.51. The first-order valence-corrected chi connectivity index (χ1v) is 5.43. The van der Waals surface area contributed by atoms with Crippen LogP contribution in [0.1, 0.15) is 33.1 Å². The average molecular weight is 236 g/mol. The van der Waals surface area contributed by atoms with Crippen LogP contribution in [0.2, 0.25) is 0 Å². The molecule has 3 unspecified atom stereocenters. The number of nitrogens with one attached hydrogen (secondary N) is 1. The van der Waals surface area contributed by atoms with E-state index >= 15 is 0 Å². The van der Waals surface area contributed by atoms with Crippen LogP contribution in [0.4, 0.5) is 8.78 Å². The number of carbonyl (C=O) groups excluding carboxylic acids is 1. The molecule has 1 saturated carbocycles. The molecule has 0 bridgehead atoms. The molecule has 94 valence electrons. The zero-order valence-corrected chi connectivity index (χ0v) is 9.50. The first-order valence-electron chi connectivity index (χ1n) is 5.43. The second-order valence-electron chi connectivity index (χ2n) is 4.50. The van der Waals surface area contributed by atoms with Crippen molar-refractivity contribution in [1.82, 2.24) is 5.43 Å². The molecule has 0 aliphatic heterocycles. The fourth-order valence-corrected chi connectivity index (χ4v) is 1.95. The van der Waals surface area contributed by atoms with Crippen molar-refractivity contribution in [2.45, 2.75) is 45.3 Å². The summed E-state index contributed by atoms with van der Waals surface area (Å²) < 4.78 is 30.7. The van der Waals surface area contributed by atoms with Crippen molar-refractivity contribution >= 4 is 5.91 Å². The SMILES string of the molecule is CC1CCC(OC(F)(F)C(=O)NN)CC1C. The van der Waals surface area contributed by atoms with Crippen molar-refractivity contribution in [2.24, 2.45) is 17.7 Å². The number of halogens is 2. The molecule has 1 fully saturated rings. The Bertz CT molecular complexity index is 261. The molecule has 3 atom stereocenters. The number of hydrogen-bond acceptors (Lipinski definition) is 3. The summed E-state index contributed by atoms with van der Waals surface area (Å²) in [6.07, 6.45) is -2.46. The predicted molar refractivity (Wildman–Crippen MR) is 54.3 cm³/mol. The molecule has 0 saturated heterocycles. The van der Waals surface area contributed by atoms with Crippen molar-refractivity contribution in [3.05, 3.63) is 0 Å². The van der Waals surface area contributed by atoms with E-state index in [0.717, 1.165) is 6.42 Å². The monoisotopic (exact) mass is 236 g/mol. The van der Waals surface area contributed by atoms with E-state index in [4.69, 9.17) is 0 Å². The van der Waals surface area contributed by atoms with Crippen molar-refractivity contribution in [3.8, 4) is 0 Å². The Hall–Kier alpha value is -0.750. The molecule has 0 aromatic heterocycles. The van der Waals surface area contributed by atoms with Gasteiger partial charge < -0.3 is 4.74 Å². The van der Waals surface area contributed by atoms with Gasteiger partial charge in [0.1, 0.15) is 0 Å². The van der Waals surface area contributed by atoms with Crippen LogP contribution in [-0.2, 0) is 9.53 Å². The number of rotatable bonds is 3. The lowest BCUT2D eigenvalue weighted by Crippen LogP contribution is -2.47. The molecule has 1 rings (SSSR count). The largest absolute Gasteiger partial charge is 0.438 e. The van der Waals surface area contributed by atoms with Gasteiger partial charge >= 0.3 is 12.0 Å². The maximum Gasteiger partial charge on any atom is 0.438 e. The molecule has 0 radical (unpaired) electrons. The quantitative estimate of drug-likeness (QED) is 0.442. The molecular formula is C10H18F2N2O2. The van der Waals surface area contributed by atoms with E-state index in [1.165, 1.54) is 5.43 Å². The number of alkyl halides is 2. The van der Waals surface area contributed by atoms with Gasteiger partial charge in [0.25, 0.3) is 0 Å². The fourth-order valence-electron chi connectivity index (χ4n) is 1.95. The Labute approximate surface area is 93.5 Å². The summed E-state index contributed by atoms with van der Waals surface area (Å²) in [5, 5.41) is 0. The maximum absolute atomic E-state index is 13.1. The summed E-state index contributed by atoms with van der Waals surface area (Å²) in [5.74, 6) is 3.89. The van der Waals surface area contributed by atoms with Crippen molar-refractivity contribution < 1.29 is 18.3 Å². The standard InChI is InChI=1S/C10H18F2N2O2/c1-6-3-4-8(5-7(6)2)16-10(11,12)9(15)14-13/h6-8H,3-5,13H2,1-2H3,(H,14,15). The third kappa shape index (κ3) is 3.12. The molecular weight excluding hydrogens is 218 g/mol. The van der Waals surface area contributed by atoms with Crippen molar-refractivity contribution in [1.29, 1.82) is 0 Å². The lowest BCUT2D eigenvalue weighted by Gasteiger charge is -2.33. The van der Waals surface area contributed by atoms with Crippen molar-refractivity contribution in [2.75, 3.05) is 0 Å². The Morgan fingerprint density at radius 1 is 1.38 bits per heavy atom. The molecule has 0 heterocycles. The van der Waals surface area contributed by atoms with E-state index in [9.17, 15) is 13.6 Å². The number of nitrogens with two attached hydrogens (primary N) is 1. The minimum absolute atomic E-state index is 0.329. The molecule has 0 aromatic carbocycles. The number of amides is 1. The van der Waals surface area contributed by atoms with E-state index in [0.29, 0.717) is 24.7 Å². The van der Waals surface area contributed by atoms with Gasteiger partial charge in [0.05, 0.1) is 6.10 Å². The van der Waals surface area contributed by atoms with Gasteiger partial charge in [0.15, 0.2) is 0 Å². The zero-order chi connectivity index (χ0) is 12.3. The van der Waals surface area contributed by atoms with E-state index in [-0.39, 0.29) is 0 Å². The highest BCUT2D eigenvalue weighted by Gasteiger charge is 2.43. The van der Waals surface area contributed by atoms with Gasteiger partial charge in [-0.15, -0.1) is 0 Å². The van der Waals surface area contributed by atoms with Crippen LogP contribution in [-0.4, -0.2) is 18.1 Å². The van der Waals surface area contributed by atoms with Crippen LogP contribution in [0.3, 0.4) is 0 Å². The maximum atomic E-state index is 13.1. The molecule has 0 spiro atoms. The number of hydrogen-bond donors (Lipinski definition) is 2. The highest BCUT2D eigenvalue weighted by molar-refractivity contribution is 5.81. The van der Waals surface area contributed by atoms with E-state index < -0.39 is 18.1 Å².